The number of amides is 1. The van der Waals surface area contributed by atoms with Crippen molar-refractivity contribution in [3.05, 3.63) is 34.5 Å². The predicted molar refractivity (Wildman–Crippen MR) is 81.4 cm³/mol. The van der Waals surface area contributed by atoms with Gasteiger partial charge in [-0.05, 0) is 35.6 Å². The Bertz CT molecular complexity index is 643. The van der Waals surface area contributed by atoms with Gasteiger partial charge < -0.3 is 16.2 Å². The lowest BCUT2D eigenvalue weighted by atomic mass is 10.1. The molecule has 0 saturated carbocycles. The summed E-state index contributed by atoms with van der Waals surface area (Å²) < 4.78 is 4.16. The van der Waals surface area contributed by atoms with E-state index in [0.29, 0.717) is 15.6 Å². The molecule has 4 N–H and O–H groups in total. The number of aryl methyl sites for hydroxylation is 1. The molecule has 20 heavy (non-hydrogen) atoms. The zero-order valence-corrected chi connectivity index (χ0v) is 12.4. The van der Waals surface area contributed by atoms with E-state index in [9.17, 15) is 9.90 Å². The van der Waals surface area contributed by atoms with Crippen molar-refractivity contribution >= 4 is 39.7 Å². The molecule has 1 aromatic heterocycles. The Morgan fingerprint density at radius 2 is 2.30 bits per heavy atom. The van der Waals surface area contributed by atoms with Crippen molar-refractivity contribution in [3.63, 3.8) is 0 Å². The van der Waals surface area contributed by atoms with Crippen LogP contribution in [0.5, 0.6) is 5.75 Å². The first kappa shape index (κ1) is 14.6. The van der Waals surface area contributed by atoms with Gasteiger partial charge in [-0.3, -0.25) is 4.79 Å². The lowest BCUT2D eigenvalue weighted by molar-refractivity contribution is -0.115. The van der Waals surface area contributed by atoms with Crippen molar-refractivity contribution in [1.82, 2.24) is 4.37 Å². The first-order valence-electron chi connectivity index (χ1n) is 6.02. The average molecular weight is 312 g/mol. The van der Waals surface area contributed by atoms with Crippen molar-refractivity contribution < 1.29 is 9.90 Å². The Kier molecular flexibility index (Phi) is 4.46. The van der Waals surface area contributed by atoms with Crippen LogP contribution < -0.4 is 11.1 Å². The van der Waals surface area contributed by atoms with Crippen LogP contribution in [0.2, 0.25) is 5.02 Å². The molecule has 0 fully saturated rings. The molecule has 0 radical (unpaired) electrons. The second kappa shape index (κ2) is 6.11. The number of nitrogens with zero attached hydrogens (tertiary/aromatic N) is 1. The summed E-state index contributed by atoms with van der Waals surface area (Å²) in [7, 11) is 0. The Morgan fingerprint density at radius 1 is 1.55 bits per heavy atom. The number of anilines is 2. The smallest absolute Gasteiger partial charge is 0.229 e. The van der Waals surface area contributed by atoms with Crippen molar-refractivity contribution in [2.45, 2.75) is 19.8 Å². The van der Waals surface area contributed by atoms with Crippen LogP contribution in [0.4, 0.5) is 10.7 Å². The Morgan fingerprint density at radius 3 is 2.90 bits per heavy atom. The fraction of sp³-hybridized carbons (Fsp3) is 0.231. The normalized spacial score (nSPS) is 10.5. The molecular weight excluding hydrogens is 298 g/mol. The number of nitrogens with two attached hydrogens (primary N) is 1. The van der Waals surface area contributed by atoms with E-state index in [1.807, 2.05) is 6.92 Å². The van der Waals surface area contributed by atoms with Gasteiger partial charge in [-0.2, -0.15) is 4.37 Å². The number of rotatable bonds is 4. The van der Waals surface area contributed by atoms with E-state index in [0.717, 1.165) is 12.1 Å². The predicted octanol–water partition coefficient (Wildman–Crippen LogP) is 2.83. The lowest BCUT2D eigenvalue weighted by Crippen LogP contribution is -2.14. The monoisotopic (exact) mass is 311 g/mol. The zero-order chi connectivity index (χ0) is 14.7. The van der Waals surface area contributed by atoms with Crippen LogP contribution in [0.15, 0.2) is 18.2 Å². The first-order chi connectivity index (χ1) is 9.51. The van der Waals surface area contributed by atoms with E-state index < -0.39 is 0 Å². The van der Waals surface area contributed by atoms with E-state index in [1.165, 1.54) is 17.6 Å². The maximum Gasteiger partial charge on any atom is 0.229 e. The molecule has 1 amide bonds. The summed E-state index contributed by atoms with van der Waals surface area (Å²) >= 11 is 7.26. The van der Waals surface area contributed by atoms with Gasteiger partial charge in [-0.25, -0.2) is 0 Å². The molecule has 0 spiro atoms. The molecule has 1 heterocycles. The van der Waals surface area contributed by atoms with Crippen molar-refractivity contribution in [1.29, 1.82) is 0 Å². The number of carbonyl (C=O) groups excluding carboxylic acids is 1. The summed E-state index contributed by atoms with van der Waals surface area (Å²) in [6.07, 6.45) is 0.875. The molecule has 1 aromatic carbocycles. The largest absolute Gasteiger partial charge is 0.506 e. The number of phenolic OH excluding ortho intramolecular Hbond substituents is 1. The van der Waals surface area contributed by atoms with Crippen LogP contribution in [0.1, 0.15) is 18.2 Å². The van der Waals surface area contributed by atoms with E-state index in [1.54, 1.807) is 12.1 Å². The third-order valence-electron chi connectivity index (χ3n) is 2.74. The van der Waals surface area contributed by atoms with E-state index in [2.05, 4.69) is 9.69 Å². The van der Waals surface area contributed by atoms with Gasteiger partial charge in [0.2, 0.25) is 5.91 Å². The second-order valence-electron chi connectivity index (χ2n) is 4.24. The number of carbonyl (C=O) groups is 1. The average Bonchev–Trinajstić information content (AvgIpc) is 2.75. The number of nitrogen functional groups attached to an aromatic ring is 1. The highest BCUT2D eigenvalue weighted by atomic mass is 35.5. The number of hydrogen-bond acceptors (Lipinski definition) is 5. The number of hydrogen-bond donors (Lipinski definition) is 3. The standard InChI is InChI=1S/C13H14ClN3O2S/c1-2-9-12(14)13(20-17-9)16-11(19)6-7-3-4-10(18)8(15)5-7/h3-5,18H,2,6,15H2,1H3,(H,16,19). The summed E-state index contributed by atoms with van der Waals surface area (Å²) in [5.74, 6) is -0.199. The molecule has 0 atom stereocenters. The molecular formula is C13H14ClN3O2S. The molecule has 0 aliphatic heterocycles. The van der Waals surface area contributed by atoms with E-state index >= 15 is 0 Å². The summed E-state index contributed by atoms with van der Waals surface area (Å²) in [6, 6.07) is 4.69. The zero-order valence-electron chi connectivity index (χ0n) is 10.8. The minimum absolute atomic E-state index is 0.00671. The molecule has 0 saturated heterocycles. The number of aromatic nitrogens is 1. The van der Waals surface area contributed by atoms with Crippen molar-refractivity contribution in [2.75, 3.05) is 11.1 Å². The van der Waals surface area contributed by atoms with Crippen LogP contribution in [-0.4, -0.2) is 15.4 Å². The fourth-order valence-electron chi connectivity index (χ4n) is 1.68. The molecule has 106 valence electrons. The van der Waals surface area contributed by atoms with E-state index in [-0.39, 0.29) is 23.8 Å². The lowest BCUT2D eigenvalue weighted by Gasteiger charge is -2.05. The van der Waals surface area contributed by atoms with Gasteiger partial charge in [0.1, 0.15) is 10.8 Å². The van der Waals surface area contributed by atoms with Crippen LogP contribution in [0.25, 0.3) is 0 Å². The first-order valence-corrected chi connectivity index (χ1v) is 7.17. The van der Waals surface area contributed by atoms with Gasteiger partial charge in [0, 0.05) is 0 Å². The Balaban J connectivity index is 2.05. The summed E-state index contributed by atoms with van der Waals surface area (Å²) in [4.78, 5) is 11.9. The highest BCUT2D eigenvalue weighted by molar-refractivity contribution is 7.11. The van der Waals surface area contributed by atoms with Crippen LogP contribution in [0.3, 0.4) is 0 Å². The SMILES string of the molecule is CCc1nsc(NC(=O)Cc2ccc(O)c(N)c2)c1Cl. The maximum absolute atomic E-state index is 11.9. The maximum atomic E-state index is 11.9. The molecule has 7 heteroatoms. The molecule has 0 bridgehead atoms. The van der Waals surface area contributed by atoms with Crippen LogP contribution in [-0.2, 0) is 17.6 Å². The number of nitrogens with one attached hydrogen (secondary N) is 1. The summed E-state index contributed by atoms with van der Waals surface area (Å²) in [5.41, 5.74) is 7.33. The third kappa shape index (κ3) is 3.20. The molecule has 0 unspecified atom stereocenters. The van der Waals surface area contributed by atoms with Gasteiger partial charge >= 0.3 is 0 Å². The number of benzene rings is 1. The minimum Gasteiger partial charge on any atom is -0.506 e. The van der Waals surface area contributed by atoms with Gasteiger partial charge in [-0.15, -0.1) is 0 Å². The van der Waals surface area contributed by atoms with Crippen LogP contribution in [0, 0.1) is 0 Å². The molecule has 5 nitrogen and oxygen atoms in total. The van der Waals surface area contributed by atoms with Gasteiger partial charge in [0.25, 0.3) is 0 Å². The molecule has 0 aliphatic rings. The number of halogens is 1. The summed E-state index contributed by atoms with van der Waals surface area (Å²) in [6.45, 7) is 1.95. The Hall–Kier alpha value is -1.79. The van der Waals surface area contributed by atoms with E-state index in [4.69, 9.17) is 17.3 Å². The highest BCUT2D eigenvalue weighted by Gasteiger charge is 2.13. The number of phenols is 1. The summed E-state index contributed by atoms with van der Waals surface area (Å²) in [5, 5.41) is 13.1. The quantitative estimate of drug-likeness (QED) is 0.598. The van der Waals surface area contributed by atoms with Crippen LogP contribution >= 0.6 is 23.1 Å². The van der Waals surface area contributed by atoms with Gasteiger partial charge in [-0.1, -0.05) is 24.6 Å². The Labute approximate surface area is 125 Å². The minimum atomic E-state index is -0.205. The van der Waals surface area contributed by atoms with Crippen molar-refractivity contribution in [3.8, 4) is 5.75 Å². The number of aromatic hydroxyl groups is 1. The molecule has 2 aromatic rings. The van der Waals surface area contributed by atoms with Crippen molar-refractivity contribution in [2.24, 2.45) is 0 Å². The topological polar surface area (TPSA) is 88.2 Å². The molecule has 0 aliphatic carbocycles. The fourth-order valence-corrected chi connectivity index (χ4v) is 2.84. The van der Waals surface area contributed by atoms with Gasteiger partial charge in [0.15, 0.2) is 0 Å². The van der Waals surface area contributed by atoms with Gasteiger partial charge in [0.05, 0.1) is 22.8 Å². The third-order valence-corrected chi connectivity index (χ3v) is 4.06. The second-order valence-corrected chi connectivity index (χ2v) is 5.40. The highest BCUT2D eigenvalue weighted by Crippen LogP contribution is 2.30. The molecule has 2 rings (SSSR count).